The Bertz CT molecular complexity index is 591. The molecule has 0 N–H and O–H groups in total. The highest BCUT2D eigenvalue weighted by Crippen LogP contribution is 2.28. The van der Waals surface area contributed by atoms with Crippen molar-refractivity contribution in [1.29, 1.82) is 0 Å². The van der Waals surface area contributed by atoms with Gasteiger partial charge in [-0.3, -0.25) is 0 Å². The minimum absolute atomic E-state index is 0.264. The SMILES string of the molecule is Cc1c(-c2cccc(C(C)N(C)C)c2)cnn1C(F)F. The number of benzene rings is 1. The van der Waals surface area contributed by atoms with E-state index in [9.17, 15) is 8.78 Å². The molecule has 1 unspecified atom stereocenters. The lowest BCUT2D eigenvalue weighted by molar-refractivity contribution is 0.0545. The zero-order valence-corrected chi connectivity index (χ0v) is 12.1. The van der Waals surface area contributed by atoms with Crippen molar-refractivity contribution in [2.45, 2.75) is 26.4 Å². The predicted octanol–water partition coefficient (Wildman–Crippen LogP) is 3.88. The van der Waals surface area contributed by atoms with Gasteiger partial charge in [-0.2, -0.15) is 13.9 Å². The Morgan fingerprint density at radius 1 is 1.25 bits per heavy atom. The molecule has 0 spiro atoms. The molecule has 108 valence electrons. The quantitative estimate of drug-likeness (QED) is 0.847. The number of halogens is 2. The van der Waals surface area contributed by atoms with Crippen LogP contribution in [0.3, 0.4) is 0 Å². The Labute approximate surface area is 117 Å². The second kappa shape index (κ2) is 5.71. The fourth-order valence-corrected chi connectivity index (χ4v) is 2.17. The van der Waals surface area contributed by atoms with Crippen molar-refractivity contribution in [3.05, 3.63) is 41.7 Å². The van der Waals surface area contributed by atoms with Gasteiger partial charge in [0.05, 0.1) is 6.20 Å². The molecule has 0 saturated heterocycles. The second-order valence-electron chi connectivity index (χ2n) is 5.13. The lowest BCUT2D eigenvalue weighted by atomic mass is 10.0. The minimum atomic E-state index is -2.60. The molecule has 0 aliphatic heterocycles. The van der Waals surface area contributed by atoms with E-state index in [0.29, 0.717) is 5.69 Å². The summed E-state index contributed by atoms with van der Waals surface area (Å²) >= 11 is 0. The average Bonchev–Trinajstić information content (AvgIpc) is 2.80. The normalized spacial score (nSPS) is 13.2. The van der Waals surface area contributed by atoms with Gasteiger partial charge in [0.1, 0.15) is 0 Å². The van der Waals surface area contributed by atoms with Gasteiger partial charge in [0.25, 0.3) is 0 Å². The summed E-state index contributed by atoms with van der Waals surface area (Å²) in [6, 6.07) is 8.21. The maximum Gasteiger partial charge on any atom is 0.333 e. The smallest absolute Gasteiger partial charge is 0.303 e. The molecule has 2 aromatic rings. The molecule has 0 bridgehead atoms. The third-order valence-electron chi connectivity index (χ3n) is 3.68. The number of hydrogen-bond acceptors (Lipinski definition) is 2. The first-order chi connectivity index (χ1) is 9.41. The first-order valence-electron chi connectivity index (χ1n) is 6.51. The largest absolute Gasteiger partial charge is 0.333 e. The van der Waals surface area contributed by atoms with E-state index in [2.05, 4.69) is 16.9 Å². The van der Waals surface area contributed by atoms with E-state index in [4.69, 9.17) is 0 Å². The Kier molecular flexibility index (Phi) is 4.18. The van der Waals surface area contributed by atoms with Crippen molar-refractivity contribution in [3.63, 3.8) is 0 Å². The van der Waals surface area contributed by atoms with Gasteiger partial charge in [0.2, 0.25) is 0 Å². The van der Waals surface area contributed by atoms with Crippen molar-refractivity contribution in [2.24, 2.45) is 0 Å². The summed E-state index contributed by atoms with van der Waals surface area (Å²) in [5.74, 6) is 0. The lowest BCUT2D eigenvalue weighted by Crippen LogP contribution is -2.16. The van der Waals surface area contributed by atoms with Crippen molar-refractivity contribution in [1.82, 2.24) is 14.7 Å². The predicted molar refractivity (Wildman–Crippen MR) is 75.8 cm³/mol. The van der Waals surface area contributed by atoms with E-state index in [1.807, 2.05) is 38.4 Å². The molecule has 0 aliphatic rings. The van der Waals surface area contributed by atoms with Crippen LogP contribution >= 0.6 is 0 Å². The monoisotopic (exact) mass is 279 g/mol. The van der Waals surface area contributed by atoms with Crippen molar-refractivity contribution in [3.8, 4) is 11.1 Å². The minimum Gasteiger partial charge on any atom is -0.303 e. The number of alkyl halides is 2. The lowest BCUT2D eigenvalue weighted by Gasteiger charge is -2.20. The highest BCUT2D eigenvalue weighted by Gasteiger charge is 2.15. The van der Waals surface area contributed by atoms with E-state index in [1.54, 1.807) is 6.92 Å². The number of hydrogen-bond donors (Lipinski definition) is 0. The summed E-state index contributed by atoms with van der Waals surface area (Å²) in [5, 5.41) is 3.76. The van der Waals surface area contributed by atoms with Crippen LogP contribution in [0.2, 0.25) is 0 Å². The van der Waals surface area contributed by atoms with Crippen LogP contribution in [-0.4, -0.2) is 28.8 Å². The number of rotatable bonds is 4. The van der Waals surface area contributed by atoms with E-state index >= 15 is 0 Å². The van der Waals surface area contributed by atoms with Crippen LogP contribution in [0.1, 0.15) is 30.8 Å². The molecular formula is C15H19F2N3. The average molecular weight is 279 g/mol. The molecule has 3 nitrogen and oxygen atoms in total. The van der Waals surface area contributed by atoms with Gasteiger partial charge in [-0.05, 0) is 45.1 Å². The van der Waals surface area contributed by atoms with Crippen LogP contribution in [0.15, 0.2) is 30.5 Å². The Hall–Kier alpha value is -1.75. The highest BCUT2D eigenvalue weighted by atomic mass is 19.3. The topological polar surface area (TPSA) is 21.1 Å². The molecule has 1 heterocycles. The van der Waals surface area contributed by atoms with Crippen molar-refractivity contribution >= 4 is 0 Å². The van der Waals surface area contributed by atoms with Gasteiger partial charge in [-0.1, -0.05) is 18.2 Å². The fourth-order valence-electron chi connectivity index (χ4n) is 2.17. The summed E-state index contributed by atoms with van der Waals surface area (Å²) in [7, 11) is 4.02. The zero-order valence-electron chi connectivity index (χ0n) is 12.1. The third kappa shape index (κ3) is 2.72. The van der Waals surface area contributed by atoms with Gasteiger partial charge >= 0.3 is 6.55 Å². The molecule has 1 atom stereocenters. The fraction of sp³-hybridized carbons (Fsp3) is 0.400. The molecule has 0 amide bonds. The van der Waals surface area contributed by atoms with Gasteiger partial charge in [0.15, 0.2) is 0 Å². The van der Waals surface area contributed by atoms with E-state index < -0.39 is 6.55 Å². The van der Waals surface area contributed by atoms with Crippen molar-refractivity contribution < 1.29 is 8.78 Å². The Morgan fingerprint density at radius 3 is 2.50 bits per heavy atom. The summed E-state index contributed by atoms with van der Waals surface area (Å²) in [5.41, 5.74) is 3.30. The van der Waals surface area contributed by atoms with Gasteiger partial charge < -0.3 is 4.90 Å². The van der Waals surface area contributed by atoms with Crippen LogP contribution in [0, 0.1) is 6.92 Å². The summed E-state index contributed by atoms with van der Waals surface area (Å²) in [6.45, 7) is 1.16. The highest BCUT2D eigenvalue weighted by molar-refractivity contribution is 5.66. The Balaban J connectivity index is 2.41. The van der Waals surface area contributed by atoms with Crippen LogP contribution < -0.4 is 0 Å². The summed E-state index contributed by atoms with van der Waals surface area (Å²) in [6.07, 6.45) is 1.50. The molecule has 2 rings (SSSR count). The summed E-state index contributed by atoms with van der Waals surface area (Å²) in [4.78, 5) is 2.11. The zero-order chi connectivity index (χ0) is 14.9. The Morgan fingerprint density at radius 2 is 1.95 bits per heavy atom. The molecule has 0 saturated carbocycles. The van der Waals surface area contributed by atoms with Crippen LogP contribution in [0.5, 0.6) is 0 Å². The second-order valence-corrected chi connectivity index (χ2v) is 5.13. The van der Waals surface area contributed by atoms with Crippen molar-refractivity contribution in [2.75, 3.05) is 14.1 Å². The maximum atomic E-state index is 12.8. The molecule has 0 aliphatic carbocycles. The molecule has 1 aromatic carbocycles. The van der Waals surface area contributed by atoms with Gasteiger partial charge in [0, 0.05) is 17.3 Å². The number of aromatic nitrogens is 2. The molecule has 0 radical (unpaired) electrons. The van der Waals surface area contributed by atoms with Crippen LogP contribution in [0.25, 0.3) is 11.1 Å². The first-order valence-corrected chi connectivity index (χ1v) is 6.51. The number of nitrogens with zero attached hydrogens (tertiary/aromatic N) is 3. The first kappa shape index (κ1) is 14.7. The van der Waals surface area contributed by atoms with E-state index in [0.717, 1.165) is 21.4 Å². The van der Waals surface area contributed by atoms with Gasteiger partial charge in [-0.25, -0.2) is 4.68 Å². The van der Waals surface area contributed by atoms with Crippen LogP contribution in [0.4, 0.5) is 8.78 Å². The van der Waals surface area contributed by atoms with Crippen LogP contribution in [-0.2, 0) is 0 Å². The summed E-state index contributed by atoms with van der Waals surface area (Å²) < 4.78 is 26.3. The molecular weight excluding hydrogens is 260 g/mol. The van der Waals surface area contributed by atoms with E-state index in [1.165, 1.54) is 6.20 Å². The molecule has 5 heteroatoms. The third-order valence-corrected chi connectivity index (χ3v) is 3.68. The standard InChI is InChI=1S/C15H19F2N3/c1-10(19(3)4)12-6-5-7-13(8-12)14-9-18-20(11(14)2)15(16)17/h5-10,15H,1-4H3. The van der Waals surface area contributed by atoms with E-state index in [-0.39, 0.29) is 6.04 Å². The molecule has 20 heavy (non-hydrogen) atoms. The molecule has 0 fully saturated rings. The van der Waals surface area contributed by atoms with Gasteiger partial charge in [-0.15, -0.1) is 0 Å². The molecule has 1 aromatic heterocycles. The maximum absolute atomic E-state index is 12.8.